The Bertz CT molecular complexity index is 834. The van der Waals surface area contributed by atoms with E-state index in [1.165, 1.54) is 24.3 Å². The quantitative estimate of drug-likeness (QED) is 0.859. The third-order valence-electron chi connectivity index (χ3n) is 3.71. The molecule has 8 heteroatoms. The molecular weight excluding hydrogens is 325 g/mol. The van der Waals surface area contributed by atoms with E-state index in [1.807, 2.05) is 0 Å². The van der Waals surface area contributed by atoms with Crippen molar-refractivity contribution in [1.82, 2.24) is 4.98 Å². The van der Waals surface area contributed by atoms with Crippen molar-refractivity contribution in [2.24, 2.45) is 0 Å². The second-order valence-corrected chi connectivity index (χ2v) is 5.25. The third kappa shape index (κ3) is 2.82. The maximum atomic E-state index is 12.8. The lowest BCUT2D eigenvalue weighted by molar-refractivity contribution is -0.137. The average molecular weight is 336 g/mol. The summed E-state index contributed by atoms with van der Waals surface area (Å²) in [5.74, 6) is -0.292. The van der Waals surface area contributed by atoms with Gasteiger partial charge in [0.15, 0.2) is 5.78 Å². The lowest BCUT2D eigenvalue weighted by Crippen LogP contribution is -2.37. The van der Waals surface area contributed by atoms with Crippen LogP contribution in [-0.4, -0.2) is 28.5 Å². The van der Waals surface area contributed by atoms with E-state index in [4.69, 9.17) is 0 Å². The van der Waals surface area contributed by atoms with Crippen LogP contribution >= 0.6 is 0 Å². The van der Waals surface area contributed by atoms with Gasteiger partial charge in [-0.05, 0) is 24.3 Å². The minimum Gasteiger partial charge on any atom is -0.465 e. The highest BCUT2D eigenvalue weighted by molar-refractivity contribution is 6.06. The molecule has 0 fully saturated rings. The second-order valence-electron chi connectivity index (χ2n) is 5.25. The number of benzene rings is 1. The molecule has 24 heavy (non-hydrogen) atoms. The molecular formula is C16H11F3N2O3. The fourth-order valence-electron chi connectivity index (χ4n) is 2.53. The van der Waals surface area contributed by atoms with Crippen LogP contribution in [0.2, 0.25) is 0 Å². The first-order chi connectivity index (χ1) is 11.3. The monoisotopic (exact) mass is 336 g/mol. The van der Waals surface area contributed by atoms with E-state index in [9.17, 15) is 27.9 Å². The van der Waals surface area contributed by atoms with Crippen LogP contribution in [0.15, 0.2) is 36.4 Å². The first kappa shape index (κ1) is 16.0. The number of carbonyl (C=O) groups excluding carboxylic acids is 1. The first-order valence-corrected chi connectivity index (χ1v) is 7.00. The Balaban J connectivity index is 2.10. The second kappa shape index (κ2) is 5.63. The number of carboxylic acid groups (broad SMARTS) is 1. The Morgan fingerprint density at radius 3 is 2.62 bits per heavy atom. The molecule has 1 aromatic heterocycles. The molecule has 1 aliphatic rings. The summed E-state index contributed by atoms with van der Waals surface area (Å²) in [6.07, 6.45) is -5.71. The zero-order chi connectivity index (χ0) is 17.5. The smallest absolute Gasteiger partial charge is 0.416 e. The number of pyridine rings is 1. The number of aromatic nitrogens is 1. The molecule has 5 nitrogen and oxygen atoms in total. The van der Waals surface area contributed by atoms with Gasteiger partial charge in [0.05, 0.1) is 16.8 Å². The molecule has 1 aromatic carbocycles. The van der Waals surface area contributed by atoms with Gasteiger partial charge >= 0.3 is 12.3 Å². The lowest BCUT2D eigenvalue weighted by atomic mass is 10.0. The zero-order valence-electron chi connectivity index (χ0n) is 12.2. The van der Waals surface area contributed by atoms with Gasteiger partial charge in [0.25, 0.3) is 0 Å². The number of anilines is 1. The van der Waals surface area contributed by atoms with Crippen LogP contribution in [0.5, 0.6) is 0 Å². The topological polar surface area (TPSA) is 70.5 Å². The van der Waals surface area contributed by atoms with Crippen LogP contribution in [0.3, 0.4) is 0 Å². The molecule has 2 heterocycles. The summed E-state index contributed by atoms with van der Waals surface area (Å²) < 4.78 is 38.5. The molecule has 0 saturated carbocycles. The van der Waals surface area contributed by atoms with Gasteiger partial charge in [0, 0.05) is 18.5 Å². The number of amides is 1. The summed E-state index contributed by atoms with van der Waals surface area (Å²) in [7, 11) is 0. The van der Waals surface area contributed by atoms with Crippen molar-refractivity contribution in [3.8, 4) is 11.3 Å². The molecule has 2 aromatic rings. The van der Waals surface area contributed by atoms with Crippen LogP contribution in [0, 0.1) is 0 Å². The van der Waals surface area contributed by atoms with E-state index in [-0.39, 0.29) is 41.4 Å². The van der Waals surface area contributed by atoms with Crippen molar-refractivity contribution in [1.29, 1.82) is 0 Å². The Morgan fingerprint density at radius 1 is 1.21 bits per heavy atom. The number of carbonyl (C=O) groups is 2. The zero-order valence-corrected chi connectivity index (χ0v) is 12.2. The van der Waals surface area contributed by atoms with E-state index >= 15 is 0 Å². The number of ketones is 1. The number of rotatable bonds is 1. The molecule has 0 radical (unpaired) electrons. The van der Waals surface area contributed by atoms with Gasteiger partial charge in [-0.25, -0.2) is 9.78 Å². The van der Waals surface area contributed by atoms with Crippen LogP contribution in [0.4, 0.5) is 23.8 Å². The first-order valence-electron chi connectivity index (χ1n) is 7.00. The number of halogens is 3. The van der Waals surface area contributed by atoms with Crippen molar-refractivity contribution in [3.05, 3.63) is 47.5 Å². The maximum absolute atomic E-state index is 12.8. The Morgan fingerprint density at radius 2 is 1.96 bits per heavy atom. The molecule has 0 aliphatic carbocycles. The average Bonchev–Trinajstić information content (AvgIpc) is 2.54. The van der Waals surface area contributed by atoms with E-state index in [1.54, 1.807) is 0 Å². The highest BCUT2D eigenvalue weighted by Crippen LogP contribution is 2.33. The van der Waals surface area contributed by atoms with Crippen LogP contribution in [-0.2, 0) is 6.18 Å². The molecule has 0 saturated heterocycles. The Labute approximate surface area is 134 Å². The van der Waals surface area contributed by atoms with Gasteiger partial charge < -0.3 is 5.11 Å². The van der Waals surface area contributed by atoms with Gasteiger partial charge in [0.1, 0.15) is 5.82 Å². The summed E-state index contributed by atoms with van der Waals surface area (Å²) in [4.78, 5) is 28.2. The molecule has 1 N–H and O–H groups in total. The van der Waals surface area contributed by atoms with E-state index in [0.29, 0.717) is 0 Å². The Kier molecular flexibility index (Phi) is 3.75. The van der Waals surface area contributed by atoms with Gasteiger partial charge in [-0.1, -0.05) is 12.1 Å². The fraction of sp³-hybridized carbons (Fsp3) is 0.188. The largest absolute Gasteiger partial charge is 0.465 e. The van der Waals surface area contributed by atoms with Crippen molar-refractivity contribution in [3.63, 3.8) is 0 Å². The van der Waals surface area contributed by atoms with E-state index < -0.39 is 17.8 Å². The number of Topliss-reactive ketones (excluding diaryl/α,β-unsaturated/α-hetero) is 1. The van der Waals surface area contributed by atoms with Crippen molar-refractivity contribution in [2.75, 3.05) is 11.4 Å². The van der Waals surface area contributed by atoms with E-state index in [2.05, 4.69) is 4.98 Å². The molecule has 3 rings (SSSR count). The number of alkyl halides is 3. The van der Waals surface area contributed by atoms with Crippen molar-refractivity contribution in [2.45, 2.75) is 12.6 Å². The summed E-state index contributed by atoms with van der Waals surface area (Å²) in [5.41, 5.74) is -0.318. The molecule has 0 unspecified atom stereocenters. The van der Waals surface area contributed by atoms with Gasteiger partial charge in [-0.3, -0.25) is 9.69 Å². The predicted molar refractivity (Wildman–Crippen MR) is 79.0 cm³/mol. The van der Waals surface area contributed by atoms with E-state index in [0.717, 1.165) is 17.0 Å². The van der Waals surface area contributed by atoms with Gasteiger partial charge in [0.2, 0.25) is 0 Å². The van der Waals surface area contributed by atoms with Crippen LogP contribution in [0.25, 0.3) is 11.3 Å². The Hall–Kier alpha value is -2.90. The number of hydrogen-bond donors (Lipinski definition) is 1. The number of nitrogens with zero attached hydrogens (tertiary/aromatic N) is 2. The summed E-state index contributed by atoms with van der Waals surface area (Å²) >= 11 is 0. The lowest BCUT2D eigenvalue weighted by Gasteiger charge is -2.25. The van der Waals surface area contributed by atoms with Crippen molar-refractivity contribution < 1.29 is 27.9 Å². The molecule has 124 valence electrons. The molecule has 0 bridgehead atoms. The van der Waals surface area contributed by atoms with Gasteiger partial charge in [-0.15, -0.1) is 0 Å². The summed E-state index contributed by atoms with van der Waals surface area (Å²) in [6.45, 7) is -0.0276. The number of fused-ring (bicyclic) bond motifs is 1. The SMILES string of the molecule is O=C1CCN(C(=O)O)c2nc(-c3cccc(C(F)(F)F)c3)ccc21. The maximum Gasteiger partial charge on any atom is 0.416 e. The third-order valence-corrected chi connectivity index (χ3v) is 3.71. The molecule has 0 atom stereocenters. The molecule has 1 aliphatic heterocycles. The van der Waals surface area contributed by atoms with Crippen LogP contribution < -0.4 is 4.90 Å². The fourth-order valence-corrected chi connectivity index (χ4v) is 2.53. The molecule has 0 spiro atoms. The minimum atomic E-state index is -4.49. The summed E-state index contributed by atoms with van der Waals surface area (Å²) in [6, 6.07) is 7.38. The predicted octanol–water partition coefficient (Wildman–Crippen LogP) is 3.84. The van der Waals surface area contributed by atoms with Crippen LogP contribution in [0.1, 0.15) is 22.3 Å². The molecule has 1 amide bonds. The minimum absolute atomic E-state index is 0.0276. The normalized spacial score (nSPS) is 14.5. The highest BCUT2D eigenvalue weighted by atomic mass is 19.4. The number of hydrogen-bond acceptors (Lipinski definition) is 3. The summed E-state index contributed by atoms with van der Waals surface area (Å²) in [5, 5.41) is 9.21. The van der Waals surface area contributed by atoms with Gasteiger partial charge in [-0.2, -0.15) is 13.2 Å². The highest BCUT2D eigenvalue weighted by Gasteiger charge is 2.31. The standard InChI is InChI=1S/C16H11F3N2O3/c17-16(18,19)10-3-1-2-9(8-10)12-5-4-11-13(22)6-7-21(15(23)24)14(11)20-12/h1-5,8H,6-7H2,(H,23,24). The van der Waals surface area contributed by atoms with Crippen molar-refractivity contribution >= 4 is 17.7 Å².